The first-order valence-electron chi connectivity index (χ1n) is 8.98. The van der Waals surface area contributed by atoms with Crippen LogP contribution in [0.2, 0.25) is 0 Å². The average molecular weight is 289 g/mol. The van der Waals surface area contributed by atoms with Gasteiger partial charge in [0.05, 0.1) is 11.7 Å². The molecule has 1 aromatic rings. The van der Waals surface area contributed by atoms with E-state index in [1.165, 1.54) is 69.3 Å². The van der Waals surface area contributed by atoms with E-state index in [0.717, 1.165) is 5.92 Å². The molecule has 0 saturated heterocycles. The summed E-state index contributed by atoms with van der Waals surface area (Å²) in [6.07, 6.45) is 11.9. The molecule has 0 radical (unpaired) electrons. The van der Waals surface area contributed by atoms with Crippen molar-refractivity contribution in [3.8, 4) is 0 Å². The van der Waals surface area contributed by atoms with Crippen LogP contribution in [-0.4, -0.2) is 22.6 Å². The lowest BCUT2D eigenvalue weighted by Gasteiger charge is -2.38. The maximum atomic E-state index is 4.90. The summed E-state index contributed by atoms with van der Waals surface area (Å²) in [5.41, 5.74) is 2.95. The van der Waals surface area contributed by atoms with Crippen LogP contribution in [0, 0.1) is 12.8 Å². The van der Waals surface area contributed by atoms with Crippen LogP contribution in [0.4, 0.5) is 0 Å². The van der Waals surface area contributed by atoms with Crippen LogP contribution in [0.5, 0.6) is 0 Å². The molecule has 0 aromatic carbocycles. The monoisotopic (exact) mass is 289 g/mol. The molecule has 1 fully saturated rings. The zero-order chi connectivity index (χ0) is 14.8. The topological polar surface area (TPSA) is 29.9 Å². The van der Waals surface area contributed by atoms with Gasteiger partial charge in [-0.3, -0.25) is 0 Å². The molecule has 0 spiro atoms. The molecule has 1 N–H and O–H groups in total. The molecule has 1 saturated carbocycles. The quantitative estimate of drug-likeness (QED) is 0.913. The number of hydrogen-bond donors (Lipinski definition) is 1. The summed E-state index contributed by atoms with van der Waals surface area (Å²) < 4.78 is 2.62. The number of likely N-dealkylation sites (N-methyl/N-ethyl adjacent to an activating group) is 1. The van der Waals surface area contributed by atoms with E-state index < -0.39 is 0 Å². The van der Waals surface area contributed by atoms with E-state index >= 15 is 0 Å². The molecule has 0 amide bonds. The Balaban J connectivity index is 1.90. The Labute approximate surface area is 129 Å². The summed E-state index contributed by atoms with van der Waals surface area (Å²) in [4.78, 5) is 4.90. The standard InChI is InChI=1S/C18H31N3/c1-4-7-14-10-11-15(19-3)18(12-14)21-13(2)20-16-8-5-6-9-17(16)21/h14-15,18-19H,4-12H2,1-3H3. The van der Waals surface area contributed by atoms with Gasteiger partial charge in [-0.2, -0.15) is 0 Å². The third kappa shape index (κ3) is 2.90. The van der Waals surface area contributed by atoms with Crippen molar-refractivity contribution in [3.05, 3.63) is 17.2 Å². The summed E-state index contributed by atoms with van der Waals surface area (Å²) in [6.45, 7) is 4.54. The van der Waals surface area contributed by atoms with E-state index in [9.17, 15) is 0 Å². The van der Waals surface area contributed by atoms with Crippen LogP contribution in [-0.2, 0) is 12.8 Å². The Bertz CT molecular complexity index is 477. The third-order valence-corrected chi connectivity index (χ3v) is 5.67. The molecule has 1 aromatic heterocycles. The summed E-state index contributed by atoms with van der Waals surface area (Å²) in [5.74, 6) is 2.16. The first-order valence-corrected chi connectivity index (χ1v) is 8.98. The van der Waals surface area contributed by atoms with Crippen LogP contribution in [0.1, 0.15) is 75.1 Å². The summed E-state index contributed by atoms with van der Waals surface area (Å²) in [5, 5.41) is 3.59. The van der Waals surface area contributed by atoms with Crippen molar-refractivity contribution in [2.45, 2.75) is 83.7 Å². The van der Waals surface area contributed by atoms with Crippen LogP contribution in [0.3, 0.4) is 0 Å². The lowest BCUT2D eigenvalue weighted by Crippen LogP contribution is -2.41. The maximum Gasteiger partial charge on any atom is 0.106 e. The highest BCUT2D eigenvalue weighted by molar-refractivity contribution is 5.21. The average Bonchev–Trinajstić information content (AvgIpc) is 2.83. The normalized spacial score (nSPS) is 29.4. The highest BCUT2D eigenvalue weighted by Gasteiger charge is 2.33. The van der Waals surface area contributed by atoms with E-state index in [-0.39, 0.29) is 0 Å². The molecule has 1 heterocycles. The number of nitrogens with zero attached hydrogens (tertiary/aromatic N) is 2. The van der Waals surface area contributed by atoms with Gasteiger partial charge in [0.1, 0.15) is 5.82 Å². The minimum absolute atomic E-state index is 0.620. The van der Waals surface area contributed by atoms with Gasteiger partial charge < -0.3 is 9.88 Å². The highest BCUT2D eigenvalue weighted by atomic mass is 15.2. The van der Waals surface area contributed by atoms with Crippen molar-refractivity contribution < 1.29 is 0 Å². The zero-order valence-corrected chi connectivity index (χ0v) is 14.0. The second kappa shape index (κ2) is 6.51. The van der Waals surface area contributed by atoms with E-state index in [2.05, 4.69) is 30.8 Å². The SMILES string of the molecule is CCCC1CCC(NC)C(n2c(C)nc3c2CCCC3)C1. The summed E-state index contributed by atoms with van der Waals surface area (Å²) in [6, 6.07) is 1.24. The van der Waals surface area contributed by atoms with Crippen molar-refractivity contribution >= 4 is 0 Å². The molecule has 3 atom stereocenters. The number of imidazole rings is 1. The number of aromatic nitrogens is 2. The van der Waals surface area contributed by atoms with Gasteiger partial charge in [0.2, 0.25) is 0 Å². The van der Waals surface area contributed by atoms with Crippen molar-refractivity contribution in [1.82, 2.24) is 14.9 Å². The van der Waals surface area contributed by atoms with Crippen molar-refractivity contribution in [2.75, 3.05) is 7.05 Å². The second-order valence-corrected chi connectivity index (χ2v) is 7.06. The largest absolute Gasteiger partial charge is 0.327 e. The van der Waals surface area contributed by atoms with Gasteiger partial charge >= 0.3 is 0 Å². The van der Waals surface area contributed by atoms with Gasteiger partial charge in [-0.15, -0.1) is 0 Å². The lowest BCUT2D eigenvalue weighted by molar-refractivity contribution is 0.199. The lowest BCUT2D eigenvalue weighted by atomic mass is 9.79. The van der Waals surface area contributed by atoms with Gasteiger partial charge in [0.25, 0.3) is 0 Å². The van der Waals surface area contributed by atoms with Crippen molar-refractivity contribution in [3.63, 3.8) is 0 Å². The Morgan fingerprint density at radius 2 is 2.05 bits per heavy atom. The van der Waals surface area contributed by atoms with E-state index in [1.807, 2.05) is 0 Å². The number of rotatable bonds is 4. The van der Waals surface area contributed by atoms with Gasteiger partial charge in [-0.05, 0) is 64.8 Å². The minimum Gasteiger partial charge on any atom is -0.327 e. The molecule has 3 nitrogen and oxygen atoms in total. The van der Waals surface area contributed by atoms with Gasteiger partial charge in [-0.1, -0.05) is 19.8 Å². The molecule has 118 valence electrons. The Morgan fingerprint density at radius 3 is 2.81 bits per heavy atom. The summed E-state index contributed by atoms with van der Waals surface area (Å²) >= 11 is 0. The van der Waals surface area contributed by atoms with Crippen LogP contribution < -0.4 is 5.32 Å². The molecular formula is C18H31N3. The van der Waals surface area contributed by atoms with Crippen LogP contribution >= 0.6 is 0 Å². The van der Waals surface area contributed by atoms with Gasteiger partial charge in [0.15, 0.2) is 0 Å². The molecule has 3 rings (SSSR count). The fourth-order valence-corrected chi connectivity index (χ4v) is 4.66. The minimum atomic E-state index is 0.620. The molecule has 2 aliphatic rings. The molecular weight excluding hydrogens is 258 g/mol. The van der Waals surface area contributed by atoms with Crippen LogP contribution in [0.25, 0.3) is 0 Å². The van der Waals surface area contributed by atoms with Crippen molar-refractivity contribution in [1.29, 1.82) is 0 Å². The molecule has 0 aliphatic heterocycles. The number of fused-ring (bicyclic) bond motifs is 1. The predicted octanol–water partition coefficient (Wildman–Crippen LogP) is 3.80. The Kier molecular flexibility index (Phi) is 4.68. The number of aryl methyl sites for hydroxylation is 2. The zero-order valence-electron chi connectivity index (χ0n) is 14.0. The molecule has 0 bridgehead atoms. The first kappa shape index (κ1) is 15.1. The predicted molar refractivity (Wildman–Crippen MR) is 87.7 cm³/mol. The highest BCUT2D eigenvalue weighted by Crippen LogP contribution is 2.38. The van der Waals surface area contributed by atoms with E-state index in [4.69, 9.17) is 4.98 Å². The fraction of sp³-hybridized carbons (Fsp3) is 0.833. The maximum absolute atomic E-state index is 4.90. The Hall–Kier alpha value is -0.830. The van der Waals surface area contributed by atoms with Crippen LogP contribution in [0.15, 0.2) is 0 Å². The molecule has 3 unspecified atom stereocenters. The van der Waals surface area contributed by atoms with E-state index in [1.54, 1.807) is 5.69 Å². The molecule has 21 heavy (non-hydrogen) atoms. The van der Waals surface area contributed by atoms with Gasteiger partial charge in [0, 0.05) is 11.7 Å². The second-order valence-electron chi connectivity index (χ2n) is 7.06. The van der Waals surface area contributed by atoms with Crippen molar-refractivity contribution in [2.24, 2.45) is 5.92 Å². The smallest absolute Gasteiger partial charge is 0.106 e. The Morgan fingerprint density at radius 1 is 1.24 bits per heavy atom. The fourth-order valence-electron chi connectivity index (χ4n) is 4.66. The molecule has 2 aliphatic carbocycles. The number of hydrogen-bond acceptors (Lipinski definition) is 2. The summed E-state index contributed by atoms with van der Waals surface area (Å²) in [7, 11) is 2.14. The van der Waals surface area contributed by atoms with Gasteiger partial charge in [-0.25, -0.2) is 4.98 Å². The first-order chi connectivity index (χ1) is 10.2. The van der Waals surface area contributed by atoms with E-state index in [0.29, 0.717) is 12.1 Å². The third-order valence-electron chi connectivity index (χ3n) is 5.67. The number of nitrogens with one attached hydrogen (secondary N) is 1. The molecule has 3 heteroatoms.